The van der Waals surface area contributed by atoms with Crippen molar-refractivity contribution in [3.05, 3.63) is 57.8 Å². The second-order valence-electron chi connectivity index (χ2n) is 5.95. The number of benzene rings is 1. The summed E-state index contributed by atoms with van der Waals surface area (Å²) in [5.74, 6) is -0.365. The van der Waals surface area contributed by atoms with Crippen LogP contribution in [0.2, 0.25) is 0 Å². The van der Waals surface area contributed by atoms with Gasteiger partial charge in [-0.25, -0.2) is 4.79 Å². The van der Waals surface area contributed by atoms with Gasteiger partial charge in [-0.1, -0.05) is 43.7 Å². The minimum absolute atomic E-state index is 0.00840. The van der Waals surface area contributed by atoms with E-state index in [-0.39, 0.29) is 11.9 Å². The second kappa shape index (κ2) is 9.34. The lowest BCUT2D eigenvalue weighted by atomic mass is 10.0. The molecule has 0 bridgehead atoms. The normalized spacial score (nSPS) is 13.1. The summed E-state index contributed by atoms with van der Waals surface area (Å²) >= 11 is 1.66. The number of hydrogen-bond donors (Lipinski definition) is 2. The largest absolute Gasteiger partial charge is 0.453 e. The number of hydrogen-bond acceptors (Lipinski definition) is 4. The predicted molar refractivity (Wildman–Crippen MR) is 98.5 cm³/mol. The van der Waals surface area contributed by atoms with E-state index in [1.54, 1.807) is 18.3 Å². The highest BCUT2D eigenvalue weighted by molar-refractivity contribution is 7.10. The highest BCUT2D eigenvalue weighted by Gasteiger charge is 2.26. The highest BCUT2D eigenvalue weighted by Crippen LogP contribution is 2.23. The zero-order valence-corrected chi connectivity index (χ0v) is 15.6. The first kappa shape index (κ1) is 19.1. The van der Waals surface area contributed by atoms with E-state index in [0.717, 1.165) is 18.4 Å². The monoisotopic (exact) mass is 361 g/mol. The SMILES string of the molecule is CCCc1ccc([C@@H]([NH2+][C@H](C)C(=O)NC(=O)OC)c2cccs2)cc1. The van der Waals surface area contributed by atoms with Crippen molar-refractivity contribution >= 4 is 23.3 Å². The topological polar surface area (TPSA) is 72.0 Å². The van der Waals surface area contributed by atoms with Crippen molar-refractivity contribution in [1.82, 2.24) is 5.32 Å². The van der Waals surface area contributed by atoms with Gasteiger partial charge in [0.2, 0.25) is 0 Å². The minimum atomic E-state index is -0.734. The molecule has 2 rings (SSSR count). The fourth-order valence-electron chi connectivity index (χ4n) is 2.66. The summed E-state index contributed by atoms with van der Waals surface area (Å²) in [5.41, 5.74) is 2.45. The van der Waals surface area contributed by atoms with Crippen LogP contribution in [0.3, 0.4) is 0 Å². The molecule has 2 atom stereocenters. The summed E-state index contributed by atoms with van der Waals surface area (Å²) in [4.78, 5) is 24.6. The molecule has 134 valence electrons. The molecule has 2 aromatic rings. The molecule has 25 heavy (non-hydrogen) atoms. The van der Waals surface area contributed by atoms with E-state index in [2.05, 4.69) is 47.3 Å². The molecule has 6 heteroatoms. The van der Waals surface area contributed by atoms with Crippen LogP contribution in [0.15, 0.2) is 41.8 Å². The smallest absolute Gasteiger partial charge is 0.413 e. The lowest BCUT2D eigenvalue weighted by Gasteiger charge is -2.19. The van der Waals surface area contributed by atoms with Crippen molar-refractivity contribution in [2.45, 2.75) is 38.8 Å². The van der Waals surface area contributed by atoms with E-state index in [1.807, 2.05) is 16.8 Å². The van der Waals surface area contributed by atoms with Crippen molar-refractivity contribution in [2.75, 3.05) is 7.11 Å². The van der Waals surface area contributed by atoms with Gasteiger partial charge in [0.25, 0.3) is 5.91 Å². The van der Waals surface area contributed by atoms with Gasteiger partial charge in [-0.2, -0.15) is 0 Å². The molecule has 2 amide bonds. The first-order valence-corrected chi connectivity index (χ1v) is 9.29. The third kappa shape index (κ3) is 5.41. The molecule has 0 aliphatic rings. The Bertz CT molecular complexity index is 683. The Morgan fingerprint density at radius 3 is 2.52 bits per heavy atom. The van der Waals surface area contributed by atoms with Gasteiger partial charge in [0, 0.05) is 5.56 Å². The van der Waals surface area contributed by atoms with E-state index in [4.69, 9.17) is 0 Å². The Morgan fingerprint density at radius 2 is 1.96 bits per heavy atom. The summed E-state index contributed by atoms with van der Waals surface area (Å²) in [6, 6.07) is 12.2. The van der Waals surface area contributed by atoms with Crippen molar-refractivity contribution < 1.29 is 19.6 Å². The van der Waals surface area contributed by atoms with Crippen molar-refractivity contribution in [3.8, 4) is 0 Å². The number of ether oxygens (including phenoxy) is 1. The van der Waals surface area contributed by atoms with Crippen LogP contribution >= 0.6 is 11.3 Å². The number of thiophene rings is 1. The van der Waals surface area contributed by atoms with E-state index in [0.29, 0.717) is 0 Å². The maximum absolute atomic E-state index is 12.1. The molecule has 0 fully saturated rings. The Balaban J connectivity index is 2.16. The molecule has 0 aliphatic heterocycles. The van der Waals surface area contributed by atoms with Crippen molar-refractivity contribution in [3.63, 3.8) is 0 Å². The molecule has 0 spiro atoms. The number of rotatable bonds is 7. The summed E-state index contributed by atoms with van der Waals surface area (Å²) in [7, 11) is 1.24. The van der Waals surface area contributed by atoms with Gasteiger partial charge in [0.05, 0.1) is 12.0 Å². The maximum atomic E-state index is 12.1. The number of nitrogens with one attached hydrogen (secondary N) is 1. The van der Waals surface area contributed by atoms with Crippen LogP contribution in [-0.2, 0) is 16.0 Å². The van der Waals surface area contributed by atoms with Crippen molar-refractivity contribution in [2.24, 2.45) is 0 Å². The van der Waals surface area contributed by atoms with Gasteiger partial charge in [-0.05, 0) is 30.4 Å². The number of carbonyl (C=O) groups excluding carboxylic acids is 2. The number of aryl methyl sites for hydroxylation is 1. The lowest BCUT2D eigenvalue weighted by molar-refractivity contribution is -0.704. The molecule has 1 aromatic carbocycles. The third-order valence-corrected chi connectivity index (χ3v) is 4.99. The summed E-state index contributed by atoms with van der Waals surface area (Å²) < 4.78 is 4.49. The van der Waals surface area contributed by atoms with Crippen LogP contribution in [0.4, 0.5) is 4.79 Å². The number of methoxy groups -OCH3 is 1. The van der Waals surface area contributed by atoms with Crippen molar-refractivity contribution in [1.29, 1.82) is 0 Å². The molecular weight excluding hydrogens is 336 g/mol. The Kier molecular flexibility index (Phi) is 7.16. The van der Waals surface area contributed by atoms with E-state index in [1.165, 1.54) is 17.6 Å². The third-order valence-electron chi connectivity index (χ3n) is 4.03. The average molecular weight is 361 g/mol. The Labute approximate surface area is 152 Å². The lowest BCUT2D eigenvalue weighted by Crippen LogP contribution is -2.92. The number of imide groups is 1. The van der Waals surface area contributed by atoms with Crippen LogP contribution in [0.1, 0.15) is 42.3 Å². The standard InChI is InChI=1S/C19H24N2O3S/c1-4-6-14-8-10-15(11-9-14)17(16-7-5-12-25-16)20-13(2)18(22)21-19(23)24-3/h5,7-13,17,20H,4,6H2,1-3H3,(H,21,22,23)/p+1/t13-,17-/m1/s1. The molecule has 0 radical (unpaired) electrons. The van der Waals surface area contributed by atoms with E-state index in [9.17, 15) is 9.59 Å². The number of carbonyl (C=O) groups is 2. The van der Waals surface area contributed by atoms with Crippen LogP contribution < -0.4 is 10.6 Å². The first-order valence-electron chi connectivity index (χ1n) is 8.41. The molecule has 1 heterocycles. The molecule has 0 saturated carbocycles. The molecule has 5 nitrogen and oxygen atoms in total. The molecule has 3 N–H and O–H groups in total. The van der Waals surface area contributed by atoms with Gasteiger partial charge < -0.3 is 10.1 Å². The Hall–Kier alpha value is -2.18. The van der Waals surface area contributed by atoms with Gasteiger partial charge in [0.1, 0.15) is 6.04 Å². The number of amides is 2. The van der Waals surface area contributed by atoms with Crippen LogP contribution in [0.25, 0.3) is 0 Å². The maximum Gasteiger partial charge on any atom is 0.413 e. The molecule has 0 saturated heterocycles. The molecule has 0 aliphatic carbocycles. The fraction of sp³-hybridized carbons (Fsp3) is 0.368. The summed E-state index contributed by atoms with van der Waals surface area (Å²) in [6.07, 6.45) is 1.44. The van der Waals surface area contributed by atoms with Crippen LogP contribution in [-0.4, -0.2) is 25.2 Å². The predicted octanol–water partition coefficient (Wildman–Crippen LogP) is 2.62. The van der Waals surface area contributed by atoms with Gasteiger partial charge in [0.15, 0.2) is 6.04 Å². The zero-order chi connectivity index (χ0) is 18.2. The highest BCUT2D eigenvalue weighted by atomic mass is 32.1. The Morgan fingerprint density at radius 1 is 1.24 bits per heavy atom. The quantitative estimate of drug-likeness (QED) is 0.796. The second-order valence-corrected chi connectivity index (χ2v) is 6.93. The van der Waals surface area contributed by atoms with E-state index < -0.39 is 12.1 Å². The molecule has 0 unspecified atom stereocenters. The summed E-state index contributed by atoms with van der Waals surface area (Å²) in [6.45, 7) is 3.95. The number of alkyl carbamates (subject to hydrolysis) is 1. The molecular formula is C19H25N2O3S+. The first-order chi connectivity index (χ1) is 12.0. The average Bonchev–Trinajstić information content (AvgIpc) is 3.14. The number of quaternary nitrogens is 1. The van der Waals surface area contributed by atoms with Crippen LogP contribution in [0, 0.1) is 0 Å². The summed E-state index contributed by atoms with van der Waals surface area (Å²) in [5, 5.41) is 6.23. The van der Waals surface area contributed by atoms with Gasteiger partial charge in [-0.3, -0.25) is 10.1 Å². The number of nitrogens with two attached hydrogens (primary N) is 1. The molecule has 1 aromatic heterocycles. The van der Waals surface area contributed by atoms with Crippen LogP contribution in [0.5, 0.6) is 0 Å². The van der Waals surface area contributed by atoms with Gasteiger partial charge >= 0.3 is 6.09 Å². The minimum Gasteiger partial charge on any atom is -0.453 e. The van der Waals surface area contributed by atoms with E-state index >= 15 is 0 Å². The zero-order valence-electron chi connectivity index (χ0n) is 14.8. The van der Waals surface area contributed by atoms with Gasteiger partial charge in [-0.15, -0.1) is 11.3 Å². The fourth-order valence-corrected chi connectivity index (χ4v) is 3.49.